The Bertz CT molecular complexity index is 469. The van der Waals surface area contributed by atoms with Crippen LogP contribution in [0, 0.1) is 0 Å². The molecule has 1 unspecified atom stereocenters. The molecule has 0 aliphatic rings. The maximum Gasteiger partial charge on any atom is 0.109 e. The third kappa shape index (κ3) is 2.00. The fraction of sp³-hybridized carbons (Fsp3) is 0.200. The van der Waals surface area contributed by atoms with E-state index in [0.29, 0.717) is 16.1 Å². The van der Waals surface area contributed by atoms with Gasteiger partial charge in [0.25, 0.3) is 0 Å². The fourth-order valence-corrected chi connectivity index (χ4v) is 1.59. The van der Waals surface area contributed by atoms with Crippen molar-refractivity contribution < 1.29 is 5.11 Å². The van der Waals surface area contributed by atoms with Gasteiger partial charge in [0.2, 0.25) is 0 Å². The lowest BCUT2D eigenvalue weighted by atomic mass is 10.1. The van der Waals surface area contributed by atoms with Crippen LogP contribution in [0.3, 0.4) is 0 Å². The third-order valence-corrected chi connectivity index (χ3v) is 2.45. The number of nitrogens with zero attached hydrogens (tertiary/aromatic N) is 3. The molecule has 78 valence electrons. The van der Waals surface area contributed by atoms with Crippen LogP contribution in [-0.2, 0) is 7.05 Å². The van der Waals surface area contributed by atoms with Crippen molar-refractivity contribution in [3.8, 4) is 0 Å². The molecule has 0 aliphatic carbocycles. The summed E-state index contributed by atoms with van der Waals surface area (Å²) in [5.41, 5.74) is 1.35. The van der Waals surface area contributed by atoms with Crippen LogP contribution in [0.15, 0.2) is 30.9 Å². The Morgan fingerprint density at radius 1 is 1.47 bits per heavy atom. The van der Waals surface area contributed by atoms with Gasteiger partial charge in [-0.1, -0.05) is 11.6 Å². The van der Waals surface area contributed by atoms with Crippen LogP contribution in [0.4, 0.5) is 0 Å². The first kappa shape index (κ1) is 10.1. The highest BCUT2D eigenvalue weighted by molar-refractivity contribution is 6.31. The topological polar surface area (TPSA) is 50.9 Å². The molecule has 0 saturated heterocycles. The van der Waals surface area contributed by atoms with E-state index in [1.54, 1.807) is 36.4 Å². The molecule has 0 radical (unpaired) electrons. The minimum atomic E-state index is -0.755. The lowest BCUT2D eigenvalue weighted by molar-refractivity contribution is 0.220. The number of aromatic nitrogens is 3. The molecule has 0 spiro atoms. The summed E-state index contributed by atoms with van der Waals surface area (Å²) in [7, 11) is 1.80. The smallest absolute Gasteiger partial charge is 0.109 e. The maximum absolute atomic E-state index is 10.0. The number of hydrogen-bond acceptors (Lipinski definition) is 3. The van der Waals surface area contributed by atoms with Gasteiger partial charge in [-0.2, -0.15) is 5.10 Å². The minimum Gasteiger partial charge on any atom is -0.383 e. The molecular weight excluding hydrogens is 214 g/mol. The molecule has 2 rings (SSSR count). The molecule has 0 fully saturated rings. The number of aliphatic hydroxyl groups excluding tert-OH is 1. The van der Waals surface area contributed by atoms with Crippen LogP contribution in [0.25, 0.3) is 0 Å². The summed E-state index contributed by atoms with van der Waals surface area (Å²) >= 11 is 5.93. The summed E-state index contributed by atoms with van der Waals surface area (Å²) < 4.78 is 1.63. The van der Waals surface area contributed by atoms with Crippen molar-refractivity contribution in [2.75, 3.05) is 0 Å². The van der Waals surface area contributed by atoms with Crippen LogP contribution >= 0.6 is 11.6 Å². The Labute approximate surface area is 92.1 Å². The molecule has 0 bridgehead atoms. The molecule has 1 atom stereocenters. The van der Waals surface area contributed by atoms with Gasteiger partial charge in [0.15, 0.2) is 0 Å². The van der Waals surface area contributed by atoms with Gasteiger partial charge < -0.3 is 5.11 Å². The number of hydrogen-bond donors (Lipinski definition) is 1. The molecule has 2 aromatic heterocycles. The molecule has 0 amide bonds. The van der Waals surface area contributed by atoms with Crippen LogP contribution in [0.5, 0.6) is 0 Å². The lowest BCUT2D eigenvalue weighted by Crippen LogP contribution is -1.99. The predicted octanol–water partition coefficient (Wildman–Crippen LogP) is 1.55. The average Bonchev–Trinajstić information content (AvgIpc) is 2.65. The molecule has 1 N–H and O–H groups in total. The third-order valence-electron chi connectivity index (χ3n) is 2.14. The molecule has 5 heteroatoms. The van der Waals surface area contributed by atoms with Crippen LogP contribution in [0.2, 0.25) is 5.02 Å². The molecule has 4 nitrogen and oxygen atoms in total. The van der Waals surface area contributed by atoms with E-state index in [1.165, 1.54) is 6.20 Å². The lowest BCUT2D eigenvalue weighted by Gasteiger charge is -2.09. The van der Waals surface area contributed by atoms with E-state index in [-0.39, 0.29) is 0 Å². The van der Waals surface area contributed by atoms with Crippen LogP contribution < -0.4 is 0 Å². The van der Waals surface area contributed by atoms with Crippen molar-refractivity contribution in [1.29, 1.82) is 0 Å². The predicted molar refractivity (Wildman–Crippen MR) is 56.5 cm³/mol. The van der Waals surface area contributed by atoms with Crippen molar-refractivity contribution in [2.45, 2.75) is 6.10 Å². The van der Waals surface area contributed by atoms with Gasteiger partial charge in [0.1, 0.15) is 6.10 Å². The molecule has 0 saturated carbocycles. The monoisotopic (exact) mass is 223 g/mol. The second-order valence-electron chi connectivity index (χ2n) is 3.25. The first-order valence-electron chi connectivity index (χ1n) is 4.44. The second-order valence-corrected chi connectivity index (χ2v) is 3.65. The van der Waals surface area contributed by atoms with Crippen molar-refractivity contribution in [3.05, 3.63) is 47.0 Å². The van der Waals surface area contributed by atoms with Crippen molar-refractivity contribution in [2.24, 2.45) is 7.05 Å². The molecule has 2 aromatic rings. The van der Waals surface area contributed by atoms with Gasteiger partial charge in [0, 0.05) is 36.8 Å². The quantitative estimate of drug-likeness (QED) is 0.841. The molecule has 2 heterocycles. The summed E-state index contributed by atoms with van der Waals surface area (Å²) in [6, 6.07) is 1.69. The number of aryl methyl sites for hydroxylation is 1. The Morgan fingerprint density at radius 3 is 2.87 bits per heavy atom. The first-order chi connectivity index (χ1) is 7.18. The Balaban J connectivity index is 2.36. The zero-order chi connectivity index (χ0) is 10.8. The Morgan fingerprint density at radius 2 is 2.27 bits per heavy atom. The van der Waals surface area contributed by atoms with E-state index >= 15 is 0 Å². The van der Waals surface area contributed by atoms with Crippen LogP contribution in [-0.4, -0.2) is 19.9 Å². The van der Waals surface area contributed by atoms with E-state index < -0.39 is 6.10 Å². The van der Waals surface area contributed by atoms with E-state index in [1.807, 2.05) is 0 Å². The summed E-state index contributed by atoms with van der Waals surface area (Å²) in [4.78, 5) is 3.86. The molecular formula is C10H10ClN3O. The number of pyridine rings is 1. The highest BCUT2D eigenvalue weighted by atomic mass is 35.5. The minimum absolute atomic E-state index is 0.453. The van der Waals surface area contributed by atoms with Gasteiger partial charge in [-0.3, -0.25) is 9.67 Å². The van der Waals surface area contributed by atoms with Crippen LogP contribution in [0.1, 0.15) is 17.2 Å². The number of aliphatic hydroxyl groups is 1. The summed E-state index contributed by atoms with van der Waals surface area (Å²) in [6.07, 6.45) is 5.72. The first-order valence-corrected chi connectivity index (χ1v) is 4.82. The summed E-state index contributed by atoms with van der Waals surface area (Å²) in [5, 5.41) is 14.5. The van der Waals surface area contributed by atoms with E-state index in [9.17, 15) is 5.11 Å². The molecule has 0 aromatic carbocycles. The van der Waals surface area contributed by atoms with E-state index in [0.717, 1.165) is 0 Å². The largest absolute Gasteiger partial charge is 0.383 e. The Hall–Kier alpha value is -1.39. The highest BCUT2D eigenvalue weighted by Crippen LogP contribution is 2.26. The maximum atomic E-state index is 10.0. The zero-order valence-corrected chi connectivity index (χ0v) is 8.89. The standard InChI is InChI=1S/C10H10ClN3O/c1-14-6-7(4-13-14)10(15)8-2-3-12-5-9(8)11/h2-6,10,15H,1H3. The normalized spacial score (nSPS) is 12.7. The second kappa shape index (κ2) is 4.00. The van der Waals surface area contributed by atoms with Gasteiger partial charge in [-0.15, -0.1) is 0 Å². The van der Waals surface area contributed by atoms with Crippen molar-refractivity contribution in [1.82, 2.24) is 14.8 Å². The molecule has 0 aliphatic heterocycles. The van der Waals surface area contributed by atoms with Gasteiger partial charge >= 0.3 is 0 Å². The van der Waals surface area contributed by atoms with Gasteiger partial charge in [-0.25, -0.2) is 0 Å². The van der Waals surface area contributed by atoms with Crippen molar-refractivity contribution in [3.63, 3.8) is 0 Å². The average molecular weight is 224 g/mol. The van der Waals surface area contributed by atoms with E-state index in [4.69, 9.17) is 11.6 Å². The number of halogens is 1. The number of rotatable bonds is 2. The highest BCUT2D eigenvalue weighted by Gasteiger charge is 2.14. The SMILES string of the molecule is Cn1cc(C(O)c2ccncc2Cl)cn1. The van der Waals surface area contributed by atoms with E-state index in [2.05, 4.69) is 10.1 Å². The molecule has 15 heavy (non-hydrogen) atoms. The summed E-state index contributed by atoms with van der Waals surface area (Å²) in [6.45, 7) is 0. The summed E-state index contributed by atoms with van der Waals surface area (Å²) in [5.74, 6) is 0. The zero-order valence-electron chi connectivity index (χ0n) is 8.13. The fourth-order valence-electron chi connectivity index (χ4n) is 1.37. The van der Waals surface area contributed by atoms with Gasteiger partial charge in [-0.05, 0) is 6.07 Å². The van der Waals surface area contributed by atoms with Gasteiger partial charge in [0.05, 0.1) is 11.2 Å². The van der Waals surface area contributed by atoms with Crippen molar-refractivity contribution >= 4 is 11.6 Å². The Kier molecular flexibility index (Phi) is 2.70.